The van der Waals surface area contributed by atoms with Gasteiger partial charge in [-0.3, -0.25) is 0 Å². The predicted octanol–water partition coefficient (Wildman–Crippen LogP) is 0.705. The molecule has 0 radical (unpaired) electrons. The van der Waals surface area contributed by atoms with Crippen molar-refractivity contribution < 1.29 is 13.5 Å². The Bertz CT molecular complexity index is 583. The standard InChI is InChI=1S/C14H20N2O3S/c1-12(2)15-20(18,19)16(3)11-14-8-6-13(7-9-14)5-4-10-17/h6-9,12,15,17H,10-11H2,1-3H3. The first kappa shape index (κ1) is 16.7. The summed E-state index contributed by atoms with van der Waals surface area (Å²) >= 11 is 0. The molecular formula is C14H20N2O3S. The third kappa shape index (κ3) is 5.31. The first-order valence-corrected chi connectivity index (χ1v) is 7.71. The molecule has 0 bridgehead atoms. The summed E-state index contributed by atoms with van der Waals surface area (Å²) in [4.78, 5) is 0. The minimum atomic E-state index is -3.46. The van der Waals surface area contributed by atoms with Crippen LogP contribution in [0.25, 0.3) is 0 Å². The minimum Gasteiger partial charge on any atom is -0.384 e. The zero-order valence-electron chi connectivity index (χ0n) is 11.9. The molecule has 1 rings (SSSR count). The van der Waals surface area contributed by atoms with Crippen LogP contribution in [0.15, 0.2) is 24.3 Å². The fourth-order valence-electron chi connectivity index (χ4n) is 1.56. The van der Waals surface area contributed by atoms with E-state index in [0.29, 0.717) is 0 Å². The van der Waals surface area contributed by atoms with Gasteiger partial charge in [0, 0.05) is 25.2 Å². The van der Waals surface area contributed by atoms with Crippen LogP contribution in [0, 0.1) is 11.8 Å². The third-order valence-electron chi connectivity index (χ3n) is 2.47. The Morgan fingerprint density at radius 3 is 2.40 bits per heavy atom. The lowest BCUT2D eigenvalue weighted by atomic mass is 10.1. The van der Waals surface area contributed by atoms with Gasteiger partial charge in [-0.05, 0) is 31.5 Å². The van der Waals surface area contributed by atoms with Crippen LogP contribution in [0.2, 0.25) is 0 Å². The number of aliphatic hydroxyl groups excluding tert-OH is 1. The smallest absolute Gasteiger partial charge is 0.279 e. The highest BCUT2D eigenvalue weighted by atomic mass is 32.2. The lowest BCUT2D eigenvalue weighted by Crippen LogP contribution is -2.41. The van der Waals surface area contributed by atoms with Gasteiger partial charge in [0.25, 0.3) is 10.2 Å². The molecule has 0 aliphatic rings. The van der Waals surface area contributed by atoms with E-state index in [0.717, 1.165) is 11.1 Å². The zero-order chi connectivity index (χ0) is 15.2. The molecule has 0 saturated carbocycles. The quantitative estimate of drug-likeness (QED) is 0.786. The summed E-state index contributed by atoms with van der Waals surface area (Å²) in [6.07, 6.45) is 0. The molecule has 0 aromatic heterocycles. The van der Waals surface area contributed by atoms with Crippen LogP contribution in [0.1, 0.15) is 25.0 Å². The summed E-state index contributed by atoms with van der Waals surface area (Å²) in [5, 5.41) is 8.61. The van der Waals surface area contributed by atoms with Crippen LogP contribution in [0.5, 0.6) is 0 Å². The number of nitrogens with one attached hydrogen (secondary N) is 1. The molecule has 0 heterocycles. The summed E-state index contributed by atoms with van der Waals surface area (Å²) in [6.45, 7) is 3.67. The topological polar surface area (TPSA) is 69.6 Å². The number of aliphatic hydroxyl groups is 1. The summed E-state index contributed by atoms with van der Waals surface area (Å²) in [7, 11) is -1.93. The fourth-order valence-corrected chi connectivity index (χ4v) is 2.66. The second-order valence-electron chi connectivity index (χ2n) is 4.69. The molecule has 0 aliphatic heterocycles. The first-order chi connectivity index (χ1) is 9.35. The maximum atomic E-state index is 11.9. The van der Waals surface area contributed by atoms with Crippen LogP contribution >= 0.6 is 0 Å². The Hall–Kier alpha value is -1.39. The normalized spacial score (nSPS) is 11.5. The zero-order valence-corrected chi connectivity index (χ0v) is 12.7. The van der Waals surface area contributed by atoms with E-state index in [1.165, 1.54) is 11.4 Å². The molecule has 6 heteroatoms. The lowest BCUT2D eigenvalue weighted by Gasteiger charge is -2.19. The number of hydrogen-bond acceptors (Lipinski definition) is 3. The van der Waals surface area contributed by atoms with E-state index in [9.17, 15) is 8.42 Å². The number of hydrogen-bond donors (Lipinski definition) is 2. The highest BCUT2D eigenvalue weighted by molar-refractivity contribution is 7.87. The van der Waals surface area contributed by atoms with Gasteiger partial charge in [0.05, 0.1) is 0 Å². The van der Waals surface area contributed by atoms with Gasteiger partial charge in [-0.2, -0.15) is 17.4 Å². The Labute approximate surface area is 120 Å². The van der Waals surface area contributed by atoms with Crippen LogP contribution in [0.4, 0.5) is 0 Å². The SMILES string of the molecule is CC(C)NS(=O)(=O)N(C)Cc1ccc(C#CCO)cc1. The number of benzene rings is 1. The van der Waals surface area contributed by atoms with Crippen molar-refractivity contribution in [3.8, 4) is 11.8 Å². The predicted molar refractivity (Wildman–Crippen MR) is 79.1 cm³/mol. The Morgan fingerprint density at radius 1 is 1.30 bits per heavy atom. The molecular weight excluding hydrogens is 276 g/mol. The molecule has 0 saturated heterocycles. The van der Waals surface area contributed by atoms with E-state index >= 15 is 0 Å². The molecule has 5 nitrogen and oxygen atoms in total. The van der Waals surface area contributed by atoms with Gasteiger partial charge in [-0.15, -0.1) is 0 Å². The molecule has 0 fully saturated rings. The van der Waals surface area contributed by atoms with Gasteiger partial charge >= 0.3 is 0 Å². The lowest BCUT2D eigenvalue weighted by molar-refractivity contribution is 0.350. The fraction of sp³-hybridized carbons (Fsp3) is 0.429. The number of rotatable bonds is 5. The van der Waals surface area contributed by atoms with Crippen LogP contribution in [-0.4, -0.2) is 37.5 Å². The highest BCUT2D eigenvalue weighted by Gasteiger charge is 2.18. The highest BCUT2D eigenvalue weighted by Crippen LogP contribution is 2.08. The van der Waals surface area contributed by atoms with Crippen molar-refractivity contribution in [1.82, 2.24) is 9.03 Å². The van der Waals surface area contributed by atoms with Crippen molar-refractivity contribution >= 4 is 10.2 Å². The second kappa shape index (κ2) is 7.41. The second-order valence-corrected chi connectivity index (χ2v) is 6.50. The Kier molecular flexibility index (Phi) is 6.17. The van der Waals surface area contributed by atoms with E-state index in [2.05, 4.69) is 16.6 Å². The molecule has 20 heavy (non-hydrogen) atoms. The first-order valence-electron chi connectivity index (χ1n) is 6.27. The van der Waals surface area contributed by atoms with Crippen molar-refractivity contribution in [2.45, 2.75) is 26.4 Å². The van der Waals surface area contributed by atoms with Crippen LogP contribution < -0.4 is 4.72 Å². The summed E-state index contributed by atoms with van der Waals surface area (Å²) < 4.78 is 27.6. The van der Waals surface area contributed by atoms with E-state index < -0.39 is 10.2 Å². The number of nitrogens with zero attached hydrogens (tertiary/aromatic N) is 1. The van der Waals surface area contributed by atoms with Gasteiger partial charge in [0.15, 0.2) is 0 Å². The molecule has 0 amide bonds. The monoisotopic (exact) mass is 296 g/mol. The average molecular weight is 296 g/mol. The molecule has 110 valence electrons. The van der Waals surface area contributed by atoms with Gasteiger partial charge in [0.2, 0.25) is 0 Å². The van der Waals surface area contributed by atoms with E-state index in [-0.39, 0.29) is 19.2 Å². The maximum absolute atomic E-state index is 11.9. The van der Waals surface area contributed by atoms with Crippen LogP contribution in [-0.2, 0) is 16.8 Å². The van der Waals surface area contributed by atoms with Crippen molar-refractivity contribution in [1.29, 1.82) is 0 Å². The largest absolute Gasteiger partial charge is 0.384 e. The molecule has 0 unspecified atom stereocenters. The van der Waals surface area contributed by atoms with Gasteiger partial charge in [0.1, 0.15) is 6.61 Å². The molecule has 0 atom stereocenters. The van der Waals surface area contributed by atoms with Crippen molar-refractivity contribution in [3.05, 3.63) is 35.4 Å². The summed E-state index contributed by atoms with van der Waals surface area (Å²) in [5.74, 6) is 5.35. The summed E-state index contributed by atoms with van der Waals surface area (Å²) in [5.41, 5.74) is 1.66. The average Bonchev–Trinajstić information content (AvgIpc) is 2.36. The van der Waals surface area contributed by atoms with Gasteiger partial charge in [-0.25, -0.2) is 0 Å². The van der Waals surface area contributed by atoms with E-state index in [1.807, 2.05) is 12.1 Å². The van der Waals surface area contributed by atoms with Gasteiger partial charge < -0.3 is 5.11 Å². The van der Waals surface area contributed by atoms with Crippen molar-refractivity contribution in [3.63, 3.8) is 0 Å². The maximum Gasteiger partial charge on any atom is 0.279 e. The molecule has 0 aliphatic carbocycles. The van der Waals surface area contributed by atoms with Crippen LogP contribution in [0.3, 0.4) is 0 Å². The Morgan fingerprint density at radius 2 is 1.90 bits per heavy atom. The molecule has 2 N–H and O–H groups in total. The minimum absolute atomic E-state index is 0.140. The van der Waals surface area contributed by atoms with Crippen molar-refractivity contribution in [2.24, 2.45) is 0 Å². The van der Waals surface area contributed by atoms with E-state index in [1.54, 1.807) is 26.0 Å². The third-order valence-corrected chi connectivity index (χ3v) is 4.18. The van der Waals surface area contributed by atoms with Crippen molar-refractivity contribution in [2.75, 3.05) is 13.7 Å². The Balaban J connectivity index is 2.74. The van der Waals surface area contributed by atoms with E-state index in [4.69, 9.17) is 5.11 Å². The molecule has 0 spiro atoms. The molecule has 1 aromatic carbocycles. The van der Waals surface area contributed by atoms with Gasteiger partial charge in [-0.1, -0.05) is 24.0 Å². The molecule has 1 aromatic rings. The summed E-state index contributed by atoms with van der Waals surface area (Å²) in [6, 6.07) is 7.10.